The number of nitro groups is 1. The smallest absolute Gasteiger partial charge is 0.318 e. The summed E-state index contributed by atoms with van der Waals surface area (Å²) in [5.74, 6) is -1.71. The number of benzene rings is 1. The van der Waals surface area contributed by atoms with Crippen LogP contribution in [0.1, 0.15) is 5.56 Å². The maximum Gasteiger partial charge on any atom is 0.318 e. The molecule has 0 bridgehead atoms. The first-order valence-electron chi connectivity index (χ1n) is 5.80. The molecule has 0 saturated carbocycles. The zero-order valence-electron chi connectivity index (χ0n) is 11.0. The SMILES string of the molecule is C=CCN(CC(=O)O)S(=O)(=O)Cc1ccc([N+](=O)[O-])cc1. The van der Waals surface area contributed by atoms with E-state index in [-0.39, 0.29) is 12.2 Å². The molecule has 1 aromatic rings. The number of hydrogen-bond acceptors (Lipinski definition) is 5. The van der Waals surface area contributed by atoms with Gasteiger partial charge >= 0.3 is 5.97 Å². The molecule has 0 fully saturated rings. The van der Waals surface area contributed by atoms with Crippen LogP contribution in [0.5, 0.6) is 0 Å². The zero-order chi connectivity index (χ0) is 16.0. The maximum absolute atomic E-state index is 12.1. The number of hydrogen-bond donors (Lipinski definition) is 1. The number of carboxylic acids is 1. The fourth-order valence-electron chi connectivity index (χ4n) is 1.59. The van der Waals surface area contributed by atoms with E-state index in [4.69, 9.17) is 5.11 Å². The Labute approximate surface area is 121 Å². The van der Waals surface area contributed by atoms with E-state index < -0.39 is 33.2 Å². The minimum Gasteiger partial charge on any atom is -0.480 e. The van der Waals surface area contributed by atoms with E-state index >= 15 is 0 Å². The van der Waals surface area contributed by atoms with Gasteiger partial charge in [-0.2, -0.15) is 4.31 Å². The van der Waals surface area contributed by atoms with Crippen LogP contribution in [0.4, 0.5) is 5.69 Å². The van der Waals surface area contributed by atoms with Gasteiger partial charge in [-0.25, -0.2) is 8.42 Å². The van der Waals surface area contributed by atoms with Crippen LogP contribution in [-0.2, 0) is 20.6 Å². The lowest BCUT2D eigenvalue weighted by Crippen LogP contribution is -2.36. The van der Waals surface area contributed by atoms with Crippen LogP contribution in [0, 0.1) is 10.1 Å². The van der Waals surface area contributed by atoms with Gasteiger partial charge in [-0.15, -0.1) is 6.58 Å². The standard InChI is InChI=1S/C12H14N2O6S/c1-2-7-13(8-12(15)16)21(19,20)9-10-3-5-11(6-4-10)14(17)18/h2-6H,1,7-9H2,(H,15,16). The fraction of sp³-hybridized carbons (Fsp3) is 0.250. The molecule has 0 spiro atoms. The highest BCUT2D eigenvalue weighted by molar-refractivity contribution is 7.88. The maximum atomic E-state index is 12.1. The van der Waals surface area contributed by atoms with Crippen molar-refractivity contribution in [3.05, 3.63) is 52.6 Å². The monoisotopic (exact) mass is 314 g/mol. The molecule has 0 aliphatic heterocycles. The Bertz CT molecular complexity index is 638. The molecule has 0 atom stereocenters. The van der Waals surface area contributed by atoms with Crippen LogP contribution in [0.15, 0.2) is 36.9 Å². The molecule has 0 amide bonds. The van der Waals surface area contributed by atoms with Crippen molar-refractivity contribution >= 4 is 21.7 Å². The Morgan fingerprint density at radius 1 is 1.38 bits per heavy atom. The van der Waals surface area contributed by atoms with Crippen molar-refractivity contribution in [3.63, 3.8) is 0 Å². The molecule has 114 valence electrons. The second kappa shape index (κ2) is 6.95. The van der Waals surface area contributed by atoms with Crippen LogP contribution >= 0.6 is 0 Å². The van der Waals surface area contributed by atoms with E-state index in [9.17, 15) is 23.3 Å². The molecule has 0 unspecified atom stereocenters. The highest BCUT2D eigenvalue weighted by Gasteiger charge is 2.24. The van der Waals surface area contributed by atoms with Gasteiger partial charge in [0.1, 0.15) is 6.54 Å². The third-order valence-corrected chi connectivity index (χ3v) is 4.30. The Hall–Kier alpha value is -2.26. The van der Waals surface area contributed by atoms with E-state index in [0.29, 0.717) is 5.56 Å². The van der Waals surface area contributed by atoms with Crippen molar-refractivity contribution < 1.29 is 23.2 Å². The summed E-state index contributed by atoms with van der Waals surface area (Å²) in [4.78, 5) is 20.6. The molecule has 0 aliphatic carbocycles. The molecule has 0 radical (unpaired) electrons. The van der Waals surface area contributed by atoms with E-state index in [1.165, 1.54) is 30.3 Å². The summed E-state index contributed by atoms with van der Waals surface area (Å²) in [6.07, 6.45) is 1.29. The Morgan fingerprint density at radius 3 is 2.38 bits per heavy atom. The molecular weight excluding hydrogens is 300 g/mol. The molecule has 0 aromatic heterocycles. The summed E-state index contributed by atoms with van der Waals surface area (Å²) in [5.41, 5.74) is 0.185. The summed E-state index contributed by atoms with van der Waals surface area (Å²) >= 11 is 0. The van der Waals surface area contributed by atoms with Crippen molar-refractivity contribution in [1.29, 1.82) is 0 Å². The molecule has 9 heteroatoms. The van der Waals surface area contributed by atoms with Crippen molar-refractivity contribution in [2.75, 3.05) is 13.1 Å². The molecule has 8 nitrogen and oxygen atoms in total. The highest BCUT2D eigenvalue weighted by atomic mass is 32.2. The van der Waals surface area contributed by atoms with Gasteiger partial charge in [0.05, 0.1) is 10.7 Å². The number of aliphatic carboxylic acids is 1. The first-order valence-corrected chi connectivity index (χ1v) is 7.41. The number of non-ortho nitro benzene ring substituents is 1. The Balaban J connectivity index is 2.93. The number of rotatable bonds is 8. The summed E-state index contributed by atoms with van der Waals surface area (Å²) in [6, 6.07) is 5.03. The summed E-state index contributed by atoms with van der Waals surface area (Å²) in [5, 5.41) is 19.2. The second-order valence-electron chi connectivity index (χ2n) is 4.15. The number of carbonyl (C=O) groups is 1. The molecular formula is C12H14N2O6S. The third-order valence-electron chi connectivity index (χ3n) is 2.53. The predicted octanol–water partition coefficient (Wildman–Crippen LogP) is 0.997. The summed E-state index contributed by atoms with van der Waals surface area (Å²) in [7, 11) is -3.85. The molecule has 1 N–H and O–H groups in total. The molecule has 1 aromatic carbocycles. The quantitative estimate of drug-likeness (QED) is 0.434. The molecule has 0 heterocycles. The molecule has 0 aliphatic rings. The predicted molar refractivity (Wildman–Crippen MR) is 75.1 cm³/mol. The minimum atomic E-state index is -3.85. The van der Waals surface area contributed by atoms with E-state index in [0.717, 1.165) is 4.31 Å². The van der Waals surface area contributed by atoms with E-state index in [1.54, 1.807) is 0 Å². The summed E-state index contributed by atoms with van der Waals surface area (Å²) in [6.45, 7) is 2.60. The van der Waals surface area contributed by atoms with Gasteiger partial charge < -0.3 is 5.11 Å². The Morgan fingerprint density at radius 2 is 1.95 bits per heavy atom. The average Bonchev–Trinajstić information content (AvgIpc) is 2.38. The molecule has 21 heavy (non-hydrogen) atoms. The van der Waals surface area contributed by atoms with Crippen LogP contribution < -0.4 is 0 Å². The number of sulfonamides is 1. The molecule has 1 rings (SSSR count). The first kappa shape index (κ1) is 16.8. The van der Waals surface area contributed by atoms with Gasteiger partial charge in [-0.3, -0.25) is 14.9 Å². The van der Waals surface area contributed by atoms with Gasteiger partial charge in [-0.1, -0.05) is 18.2 Å². The van der Waals surface area contributed by atoms with Gasteiger partial charge in [0, 0.05) is 18.7 Å². The van der Waals surface area contributed by atoms with Crippen LogP contribution in [0.25, 0.3) is 0 Å². The lowest BCUT2D eigenvalue weighted by molar-refractivity contribution is -0.384. The topological polar surface area (TPSA) is 118 Å². The largest absolute Gasteiger partial charge is 0.480 e. The summed E-state index contributed by atoms with van der Waals surface area (Å²) < 4.78 is 25.0. The van der Waals surface area contributed by atoms with Gasteiger partial charge in [-0.05, 0) is 5.56 Å². The van der Waals surface area contributed by atoms with Crippen molar-refractivity contribution in [3.8, 4) is 0 Å². The number of nitrogens with zero attached hydrogens (tertiary/aromatic N) is 2. The minimum absolute atomic E-state index is 0.123. The third kappa shape index (κ3) is 4.97. The lowest BCUT2D eigenvalue weighted by atomic mass is 10.2. The van der Waals surface area contributed by atoms with Crippen molar-refractivity contribution in [1.82, 2.24) is 4.31 Å². The van der Waals surface area contributed by atoms with Crippen LogP contribution in [0.2, 0.25) is 0 Å². The van der Waals surface area contributed by atoms with Crippen molar-refractivity contribution in [2.24, 2.45) is 0 Å². The number of carboxylic acid groups (broad SMARTS) is 1. The zero-order valence-corrected chi connectivity index (χ0v) is 11.8. The Kier molecular flexibility index (Phi) is 5.56. The van der Waals surface area contributed by atoms with E-state index in [1.807, 2.05) is 0 Å². The van der Waals surface area contributed by atoms with Gasteiger partial charge in [0.15, 0.2) is 0 Å². The fourth-order valence-corrected chi connectivity index (χ4v) is 3.02. The second-order valence-corrected chi connectivity index (χ2v) is 6.12. The van der Waals surface area contributed by atoms with E-state index in [2.05, 4.69) is 6.58 Å². The van der Waals surface area contributed by atoms with Gasteiger partial charge in [0.2, 0.25) is 10.0 Å². The van der Waals surface area contributed by atoms with Crippen LogP contribution in [-0.4, -0.2) is 41.8 Å². The average molecular weight is 314 g/mol. The van der Waals surface area contributed by atoms with Gasteiger partial charge in [0.25, 0.3) is 5.69 Å². The lowest BCUT2D eigenvalue weighted by Gasteiger charge is -2.18. The number of nitro benzene ring substituents is 1. The van der Waals surface area contributed by atoms with Crippen molar-refractivity contribution in [2.45, 2.75) is 5.75 Å². The molecule has 0 saturated heterocycles. The van der Waals surface area contributed by atoms with Crippen LogP contribution in [0.3, 0.4) is 0 Å². The normalized spacial score (nSPS) is 11.3. The first-order chi connectivity index (χ1) is 9.76. The highest BCUT2D eigenvalue weighted by Crippen LogP contribution is 2.15.